The number of carbonyl (C=O) groups excluding carboxylic acids is 2. The summed E-state index contributed by atoms with van der Waals surface area (Å²) in [4.78, 5) is 22.6. The lowest BCUT2D eigenvalue weighted by Crippen LogP contribution is -2.55. The molecule has 0 bridgehead atoms. The normalized spacial score (nSPS) is 17.3. The van der Waals surface area contributed by atoms with Gasteiger partial charge in [0, 0.05) is 0 Å². The van der Waals surface area contributed by atoms with Crippen LogP contribution in [0.3, 0.4) is 0 Å². The zero-order valence-electron chi connectivity index (χ0n) is 11.9. The number of nitrogens with one attached hydrogen (secondary N) is 2. The molecule has 6 heteroatoms. The molecular formula is C13H26N2O4. The van der Waals surface area contributed by atoms with Crippen LogP contribution in [0.15, 0.2) is 0 Å². The third-order valence-corrected chi connectivity index (χ3v) is 2.88. The number of rotatable bonds is 10. The summed E-state index contributed by atoms with van der Waals surface area (Å²) < 4.78 is 0. The summed E-state index contributed by atoms with van der Waals surface area (Å²) in [5, 5.41) is 24.3. The van der Waals surface area contributed by atoms with Crippen LogP contribution >= 0.6 is 0 Å². The van der Waals surface area contributed by atoms with Gasteiger partial charge in [-0.3, -0.25) is 4.79 Å². The maximum Gasteiger partial charge on any atom is 0.240 e. The van der Waals surface area contributed by atoms with Crippen LogP contribution in [0.4, 0.5) is 0 Å². The van der Waals surface area contributed by atoms with E-state index in [9.17, 15) is 19.8 Å². The fourth-order valence-electron chi connectivity index (χ4n) is 1.64. The molecule has 0 aromatic rings. The predicted molar refractivity (Wildman–Crippen MR) is 72.7 cm³/mol. The second-order valence-corrected chi connectivity index (χ2v) is 4.79. The van der Waals surface area contributed by atoms with E-state index < -0.39 is 30.2 Å². The summed E-state index contributed by atoms with van der Waals surface area (Å²) in [6.45, 7) is 5.63. The minimum atomic E-state index is -0.962. The largest absolute Gasteiger partial charge is 0.391 e. The average Bonchev–Trinajstić information content (AvgIpc) is 2.34. The highest BCUT2D eigenvalue weighted by molar-refractivity contribution is 5.85. The molecule has 4 atom stereocenters. The van der Waals surface area contributed by atoms with Crippen molar-refractivity contribution in [2.24, 2.45) is 0 Å². The maximum atomic E-state index is 11.9. The summed E-state index contributed by atoms with van der Waals surface area (Å²) in [7, 11) is 0. The van der Waals surface area contributed by atoms with Gasteiger partial charge in [0.25, 0.3) is 0 Å². The summed E-state index contributed by atoms with van der Waals surface area (Å²) >= 11 is 0. The zero-order valence-corrected chi connectivity index (χ0v) is 11.9. The van der Waals surface area contributed by atoms with Crippen LogP contribution in [0.1, 0.15) is 40.0 Å². The van der Waals surface area contributed by atoms with E-state index in [-0.39, 0.29) is 0 Å². The van der Waals surface area contributed by atoms with Gasteiger partial charge in [-0.1, -0.05) is 19.8 Å². The van der Waals surface area contributed by atoms with Crippen molar-refractivity contribution in [3.8, 4) is 0 Å². The molecule has 0 rings (SSSR count). The van der Waals surface area contributed by atoms with Crippen molar-refractivity contribution in [2.45, 2.75) is 64.3 Å². The monoisotopic (exact) mass is 274 g/mol. The van der Waals surface area contributed by atoms with Gasteiger partial charge in [0.15, 0.2) is 0 Å². The first-order valence-corrected chi connectivity index (χ1v) is 6.79. The molecule has 0 saturated heterocycles. The molecule has 0 saturated carbocycles. The van der Waals surface area contributed by atoms with Crippen LogP contribution in [-0.2, 0) is 9.59 Å². The topological polar surface area (TPSA) is 98.7 Å². The number of amides is 1. The number of carbonyl (C=O) groups is 2. The predicted octanol–water partition coefficient (Wildman–Crippen LogP) is -0.420. The molecule has 4 N–H and O–H groups in total. The Kier molecular flexibility index (Phi) is 9.38. The number of aliphatic hydroxyl groups excluding tert-OH is 2. The Bertz CT molecular complexity index is 269. The summed E-state index contributed by atoms with van der Waals surface area (Å²) in [6.07, 6.45) is 1.69. The van der Waals surface area contributed by atoms with Gasteiger partial charge in [0.1, 0.15) is 18.4 Å². The molecule has 0 aliphatic rings. The van der Waals surface area contributed by atoms with E-state index in [1.165, 1.54) is 13.8 Å². The van der Waals surface area contributed by atoms with Crippen molar-refractivity contribution >= 4 is 12.2 Å². The molecule has 0 aromatic heterocycles. The highest BCUT2D eigenvalue weighted by Crippen LogP contribution is 1.98. The lowest BCUT2D eigenvalue weighted by atomic mass is 10.1. The van der Waals surface area contributed by atoms with Gasteiger partial charge in [-0.05, 0) is 26.8 Å². The Morgan fingerprint density at radius 1 is 1.21 bits per heavy atom. The van der Waals surface area contributed by atoms with Crippen molar-refractivity contribution in [3.05, 3.63) is 0 Å². The molecule has 0 aliphatic heterocycles. The highest BCUT2D eigenvalue weighted by atomic mass is 16.3. The first-order valence-electron chi connectivity index (χ1n) is 6.79. The smallest absolute Gasteiger partial charge is 0.240 e. The zero-order chi connectivity index (χ0) is 14.8. The van der Waals surface area contributed by atoms with Crippen molar-refractivity contribution in [3.63, 3.8) is 0 Å². The Morgan fingerprint density at radius 2 is 1.84 bits per heavy atom. The number of aliphatic hydroxyl groups is 2. The average molecular weight is 274 g/mol. The van der Waals surface area contributed by atoms with Crippen LogP contribution in [0, 0.1) is 0 Å². The summed E-state index contributed by atoms with van der Waals surface area (Å²) in [5.41, 5.74) is 0. The SMILES string of the molecule is CCCCCN[C@H](C(=O)N[C@H](C=O)[C@@H](C)O)[C@@H](C)O. The molecule has 6 nitrogen and oxygen atoms in total. The summed E-state index contributed by atoms with van der Waals surface area (Å²) in [6, 6.07) is -1.73. The molecule has 0 fully saturated rings. The molecule has 112 valence electrons. The van der Waals surface area contributed by atoms with Crippen molar-refractivity contribution < 1.29 is 19.8 Å². The second kappa shape index (κ2) is 9.89. The van der Waals surface area contributed by atoms with Crippen LogP contribution in [-0.4, -0.2) is 53.2 Å². The molecule has 1 amide bonds. The number of unbranched alkanes of at least 4 members (excludes halogenated alkanes) is 2. The Balaban J connectivity index is 4.36. The summed E-state index contributed by atoms with van der Waals surface area (Å²) in [5.74, 6) is -0.482. The van der Waals surface area contributed by atoms with Gasteiger partial charge < -0.3 is 25.6 Å². The van der Waals surface area contributed by atoms with Gasteiger partial charge in [-0.15, -0.1) is 0 Å². The fraction of sp³-hybridized carbons (Fsp3) is 0.846. The molecule has 0 radical (unpaired) electrons. The minimum Gasteiger partial charge on any atom is -0.391 e. The second-order valence-electron chi connectivity index (χ2n) is 4.79. The Morgan fingerprint density at radius 3 is 2.26 bits per heavy atom. The number of hydrogen-bond acceptors (Lipinski definition) is 5. The van der Waals surface area contributed by atoms with Crippen LogP contribution in [0.2, 0.25) is 0 Å². The quantitative estimate of drug-likeness (QED) is 0.320. The van der Waals surface area contributed by atoms with Gasteiger partial charge in [0.2, 0.25) is 5.91 Å². The molecule has 0 spiro atoms. The maximum absolute atomic E-state index is 11.9. The van der Waals surface area contributed by atoms with E-state index >= 15 is 0 Å². The lowest BCUT2D eigenvalue weighted by Gasteiger charge is -2.23. The molecule has 0 aromatic carbocycles. The van der Waals surface area contributed by atoms with Crippen molar-refractivity contribution in [1.82, 2.24) is 10.6 Å². The van der Waals surface area contributed by atoms with Gasteiger partial charge in [-0.25, -0.2) is 0 Å². The molecular weight excluding hydrogens is 248 g/mol. The molecule has 19 heavy (non-hydrogen) atoms. The first kappa shape index (κ1) is 18.0. The number of hydrogen-bond donors (Lipinski definition) is 4. The first-order chi connectivity index (χ1) is 8.93. The third-order valence-electron chi connectivity index (χ3n) is 2.88. The van der Waals surface area contributed by atoms with Crippen LogP contribution in [0.5, 0.6) is 0 Å². The van der Waals surface area contributed by atoms with Crippen molar-refractivity contribution in [1.29, 1.82) is 0 Å². The Labute approximate surface area is 114 Å². The molecule has 0 unspecified atom stereocenters. The van der Waals surface area contributed by atoms with E-state index in [2.05, 4.69) is 17.6 Å². The van der Waals surface area contributed by atoms with Gasteiger partial charge in [0.05, 0.1) is 12.2 Å². The van der Waals surface area contributed by atoms with E-state index in [0.29, 0.717) is 12.8 Å². The van der Waals surface area contributed by atoms with Crippen molar-refractivity contribution in [2.75, 3.05) is 6.54 Å². The van der Waals surface area contributed by atoms with E-state index in [1.807, 2.05) is 0 Å². The third kappa shape index (κ3) is 7.25. The fourth-order valence-corrected chi connectivity index (χ4v) is 1.64. The number of aldehydes is 1. The van der Waals surface area contributed by atoms with E-state index in [1.54, 1.807) is 0 Å². The molecule has 0 heterocycles. The molecule has 0 aliphatic carbocycles. The van der Waals surface area contributed by atoms with E-state index in [4.69, 9.17) is 0 Å². The van der Waals surface area contributed by atoms with Gasteiger partial charge in [-0.2, -0.15) is 0 Å². The lowest BCUT2D eigenvalue weighted by molar-refractivity contribution is -0.129. The standard InChI is InChI=1S/C13H26N2O4/c1-4-5-6-7-14-12(10(3)18)13(19)15-11(8-16)9(2)17/h8-12,14,17-18H,4-7H2,1-3H3,(H,15,19)/t9-,10-,11-,12+/m1/s1. The Hall–Kier alpha value is -0.980. The van der Waals surface area contributed by atoms with Crippen LogP contribution < -0.4 is 10.6 Å². The van der Waals surface area contributed by atoms with Crippen LogP contribution in [0.25, 0.3) is 0 Å². The van der Waals surface area contributed by atoms with E-state index in [0.717, 1.165) is 19.3 Å². The minimum absolute atomic E-state index is 0.482. The van der Waals surface area contributed by atoms with Gasteiger partial charge >= 0.3 is 0 Å². The highest BCUT2D eigenvalue weighted by Gasteiger charge is 2.26.